The second kappa shape index (κ2) is 7.15. The highest BCUT2D eigenvalue weighted by molar-refractivity contribution is 6.07. The number of ether oxygens (including phenoxy) is 1. The van der Waals surface area contributed by atoms with Crippen molar-refractivity contribution in [1.29, 1.82) is 5.26 Å². The summed E-state index contributed by atoms with van der Waals surface area (Å²) in [5.41, 5.74) is 2.99. The van der Waals surface area contributed by atoms with Gasteiger partial charge in [-0.05, 0) is 31.2 Å². The summed E-state index contributed by atoms with van der Waals surface area (Å²) in [6, 6.07) is 14.4. The maximum absolute atomic E-state index is 12.6. The molecule has 2 aromatic heterocycles. The fraction of sp³-hybridized carbons (Fsp3) is 0.130. The number of fused-ring (bicyclic) bond motifs is 1. The summed E-state index contributed by atoms with van der Waals surface area (Å²) in [4.78, 5) is 29.3. The monoisotopic (exact) mass is 412 g/mol. The van der Waals surface area contributed by atoms with Gasteiger partial charge in [-0.2, -0.15) is 5.26 Å². The van der Waals surface area contributed by atoms with Gasteiger partial charge in [-0.3, -0.25) is 4.79 Å². The molecular formula is C23H16N4O4. The molecule has 1 atom stereocenters. The molecule has 1 unspecified atom stereocenters. The van der Waals surface area contributed by atoms with Gasteiger partial charge in [0.25, 0.3) is 5.91 Å². The lowest BCUT2D eigenvalue weighted by atomic mass is 9.85. The summed E-state index contributed by atoms with van der Waals surface area (Å²) in [7, 11) is 0. The number of benzene rings is 1. The number of furan rings is 1. The third-order valence-electron chi connectivity index (χ3n) is 5.35. The number of esters is 1. The maximum atomic E-state index is 12.6. The van der Waals surface area contributed by atoms with Crippen LogP contribution in [0.1, 0.15) is 29.0 Å². The Hall–Kier alpha value is -4.38. The fourth-order valence-corrected chi connectivity index (χ4v) is 3.89. The predicted molar refractivity (Wildman–Crippen MR) is 111 cm³/mol. The minimum atomic E-state index is -0.693. The number of dihydropyridines is 1. The zero-order valence-corrected chi connectivity index (χ0v) is 16.4. The number of pyridine rings is 1. The van der Waals surface area contributed by atoms with E-state index in [1.54, 1.807) is 43.3 Å². The molecule has 152 valence electrons. The first-order valence-corrected chi connectivity index (χ1v) is 9.59. The van der Waals surface area contributed by atoms with E-state index in [0.29, 0.717) is 50.7 Å². The Bertz CT molecular complexity index is 1340. The van der Waals surface area contributed by atoms with Crippen LogP contribution < -0.4 is 10.6 Å². The van der Waals surface area contributed by atoms with E-state index >= 15 is 0 Å². The molecule has 2 N–H and O–H groups in total. The minimum absolute atomic E-state index is 0.126. The van der Waals surface area contributed by atoms with Crippen LogP contribution in [0.3, 0.4) is 0 Å². The Kier molecular flexibility index (Phi) is 4.30. The van der Waals surface area contributed by atoms with E-state index in [1.165, 1.54) is 6.20 Å². The van der Waals surface area contributed by atoms with Crippen molar-refractivity contribution >= 4 is 28.7 Å². The van der Waals surface area contributed by atoms with Gasteiger partial charge < -0.3 is 19.8 Å². The number of aromatic nitrogens is 1. The van der Waals surface area contributed by atoms with E-state index in [-0.39, 0.29) is 12.5 Å². The molecule has 31 heavy (non-hydrogen) atoms. The third kappa shape index (κ3) is 3.04. The van der Waals surface area contributed by atoms with Gasteiger partial charge in [0, 0.05) is 17.5 Å². The van der Waals surface area contributed by atoms with Crippen LogP contribution >= 0.6 is 0 Å². The van der Waals surface area contributed by atoms with Crippen molar-refractivity contribution in [3.63, 3.8) is 0 Å². The van der Waals surface area contributed by atoms with E-state index in [1.807, 2.05) is 6.07 Å². The number of carbonyl (C=O) groups excluding carboxylic acids is 2. The zero-order valence-electron chi connectivity index (χ0n) is 16.4. The highest BCUT2D eigenvalue weighted by atomic mass is 16.5. The largest absolute Gasteiger partial charge is 0.460 e. The Morgan fingerprint density at radius 2 is 2.10 bits per heavy atom. The summed E-state index contributed by atoms with van der Waals surface area (Å²) >= 11 is 0. The van der Waals surface area contributed by atoms with E-state index in [4.69, 9.17) is 9.15 Å². The fourth-order valence-electron chi connectivity index (χ4n) is 3.89. The van der Waals surface area contributed by atoms with Crippen LogP contribution in [-0.2, 0) is 9.53 Å². The number of nitrogens with zero attached hydrogens (tertiary/aromatic N) is 2. The highest BCUT2D eigenvalue weighted by Crippen LogP contribution is 2.42. The first-order valence-electron chi connectivity index (χ1n) is 9.59. The number of rotatable bonds is 3. The number of nitrogens with one attached hydrogen (secondary N) is 2. The summed E-state index contributed by atoms with van der Waals surface area (Å²) < 4.78 is 11.2. The number of anilines is 1. The molecule has 5 rings (SSSR count). The van der Waals surface area contributed by atoms with Gasteiger partial charge in [-0.1, -0.05) is 18.2 Å². The molecule has 1 aromatic carbocycles. The van der Waals surface area contributed by atoms with Gasteiger partial charge in [0.15, 0.2) is 0 Å². The average Bonchev–Trinajstić information content (AvgIpc) is 3.37. The summed E-state index contributed by atoms with van der Waals surface area (Å²) in [5, 5.41) is 16.2. The quantitative estimate of drug-likeness (QED) is 0.633. The van der Waals surface area contributed by atoms with Crippen molar-refractivity contribution in [1.82, 2.24) is 10.3 Å². The molecule has 0 radical (unpaired) electrons. The van der Waals surface area contributed by atoms with Crippen LogP contribution in [0, 0.1) is 11.3 Å². The molecule has 2 aliphatic heterocycles. The van der Waals surface area contributed by atoms with Gasteiger partial charge in [0.2, 0.25) is 0 Å². The maximum Gasteiger partial charge on any atom is 0.337 e. The van der Waals surface area contributed by atoms with Gasteiger partial charge in [0.05, 0.1) is 34.2 Å². The average molecular weight is 412 g/mol. The number of cyclic esters (lactones) is 1. The topological polar surface area (TPSA) is 117 Å². The van der Waals surface area contributed by atoms with Crippen LogP contribution in [0.25, 0.3) is 11.0 Å². The Balaban J connectivity index is 1.58. The van der Waals surface area contributed by atoms with Crippen LogP contribution in [0.15, 0.2) is 75.6 Å². The predicted octanol–water partition coefficient (Wildman–Crippen LogP) is 3.38. The molecule has 0 spiro atoms. The summed E-state index contributed by atoms with van der Waals surface area (Å²) in [5.74, 6) is -0.743. The van der Waals surface area contributed by atoms with E-state index < -0.39 is 11.9 Å². The lowest BCUT2D eigenvalue weighted by Gasteiger charge is -2.23. The van der Waals surface area contributed by atoms with Crippen LogP contribution in [-0.4, -0.2) is 23.5 Å². The number of amides is 1. The standard InChI is InChI=1S/C23H16N4O4/c1-12-15(10-24)19(20-16(26-12)11-30-23(20)29)18-9-14-17(31-18)7-8-25-21(14)27-22(28)13-5-3-2-4-6-13/h2-9,19,26H,11H2,1H3,(H,25,27,28). The Labute approximate surface area is 176 Å². The van der Waals surface area contributed by atoms with Crippen molar-refractivity contribution in [2.24, 2.45) is 0 Å². The summed E-state index contributed by atoms with van der Waals surface area (Å²) in [6.45, 7) is 1.90. The van der Waals surface area contributed by atoms with E-state index in [2.05, 4.69) is 21.7 Å². The molecule has 0 fully saturated rings. The van der Waals surface area contributed by atoms with E-state index in [0.717, 1.165) is 0 Å². The normalized spacial score (nSPS) is 17.8. The first-order chi connectivity index (χ1) is 15.1. The van der Waals surface area contributed by atoms with Crippen LogP contribution in [0.4, 0.5) is 5.82 Å². The van der Waals surface area contributed by atoms with Crippen molar-refractivity contribution in [2.75, 3.05) is 11.9 Å². The highest BCUT2D eigenvalue weighted by Gasteiger charge is 2.41. The second-order valence-corrected chi connectivity index (χ2v) is 7.22. The molecule has 4 heterocycles. The summed E-state index contributed by atoms with van der Waals surface area (Å²) in [6.07, 6.45) is 1.53. The van der Waals surface area contributed by atoms with Crippen molar-refractivity contribution in [3.8, 4) is 6.07 Å². The number of hydrogen-bond acceptors (Lipinski definition) is 7. The molecule has 0 saturated carbocycles. The molecule has 0 bridgehead atoms. The molecule has 8 nitrogen and oxygen atoms in total. The molecule has 2 aliphatic rings. The van der Waals surface area contributed by atoms with Crippen molar-refractivity contribution in [3.05, 3.63) is 82.5 Å². The number of nitriles is 1. The Morgan fingerprint density at radius 3 is 2.87 bits per heavy atom. The molecule has 0 aliphatic carbocycles. The molecular weight excluding hydrogens is 396 g/mol. The van der Waals surface area contributed by atoms with Gasteiger partial charge in [-0.15, -0.1) is 0 Å². The first kappa shape index (κ1) is 18.6. The second-order valence-electron chi connectivity index (χ2n) is 7.22. The number of carbonyl (C=O) groups is 2. The lowest BCUT2D eigenvalue weighted by molar-refractivity contribution is -0.136. The zero-order chi connectivity index (χ0) is 21.5. The van der Waals surface area contributed by atoms with Crippen LogP contribution in [0.5, 0.6) is 0 Å². The van der Waals surface area contributed by atoms with Crippen molar-refractivity contribution < 1.29 is 18.7 Å². The number of hydrogen-bond donors (Lipinski definition) is 2. The number of allylic oxidation sites excluding steroid dienone is 2. The third-order valence-corrected chi connectivity index (χ3v) is 5.35. The smallest absolute Gasteiger partial charge is 0.337 e. The lowest BCUT2D eigenvalue weighted by Crippen LogP contribution is -2.25. The molecule has 1 amide bonds. The Morgan fingerprint density at radius 1 is 1.29 bits per heavy atom. The van der Waals surface area contributed by atoms with Gasteiger partial charge >= 0.3 is 5.97 Å². The van der Waals surface area contributed by atoms with E-state index in [9.17, 15) is 14.9 Å². The molecule has 0 saturated heterocycles. The van der Waals surface area contributed by atoms with Crippen molar-refractivity contribution in [2.45, 2.75) is 12.8 Å². The van der Waals surface area contributed by atoms with Gasteiger partial charge in [-0.25, -0.2) is 9.78 Å². The molecule has 3 aromatic rings. The molecule has 8 heteroatoms. The van der Waals surface area contributed by atoms with Crippen LogP contribution in [0.2, 0.25) is 0 Å². The minimum Gasteiger partial charge on any atom is -0.460 e. The van der Waals surface area contributed by atoms with Gasteiger partial charge in [0.1, 0.15) is 23.8 Å². The SMILES string of the molecule is CC1=C(C#N)C(c2cc3c(NC(=O)c4ccccc4)nccc3o2)C2=C(COC2=O)N1.